The van der Waals surface area contributed by atoms with Gasteiger partial charge in [-0.1, -0.05) is 23.2 Å². The fourth-order valence-electron chi connectivity index (χ4n) is 2.38. The van der Waals surface area contributed by atoms with Crippen molar-refractivity contribution in [1.29, 1.82) is 0 Å². The van der Waals surface area contributed by atoms with Crippen LogP contribution in [0.25, 0.3) is 11.4 Å². The highest BCUT2D eigenvalue weighted by Crippen LogP contribution is 2.36. The Bertz CT molecular complexity index is 1120. The summed E-state index contributed by atoms with van der Waals surface area (Å²) in [7, 11) is 0. The topological polar surface area (TPSA) is 77.1 Å². The average Bonchev–Trinajstić information content (AvgIpc) is 2.65. The van der Waals surface area contributed by atoms with Gasteiger partial charge in [0.2, 0.25) is 11.6 Å². The third-order valence-corrected chi connectivity index (χ3v) is 4.36. The first-order valence-corrected chi connectivity index (χ1v) is 9.27. The van der Waals surface area contributed by atoms with Crippen LogP contribution in [0, 0.1) is 0 Å². The van der Waals surface area contributed by atoms with Gasteiger partial charge in [0.25, 0.3) is 5.56 Å². The molecule has 0 bridgehead atoms. The van der Waals surface area contributed by atoms with Crippen LogP contribution in [0.4, 0.5) is 13.2 Å². The van der Waals surface area contributed by atoms with E-state index in [1.807, 2.05) is 0 Å². The number of ether oxygens (including phenoxy) is 2. The Kier molecular flexibility index (Phi) is 6.23. The van der Waals surface area contributed by atoms with Gasteiger partial charge in [-0.15, -0.1) is 0 Å². The summed E-state index contributed by atoms with van der Waals surface area (Å²) in [5.74, 6) is -1.16. The van der Waals surface area contributed by atoms with E-state index in [1.165, 1.54) is 36.5 Å². The van der Waals surface area contributed by atoms with Crippen molar-refractivity contribution in [1.82, 2.24) is 15.0 Å². The molecule has 0 aliphatic carbocycles. The highest BCUT2D eigenvalue weighted by atomic mass is 35.5. The van der Waals surface area contributed by atoms with Crippen LogP contribution in [0.15, 0.2) is 41.3 Å². The van der Waals surface area contributed by atoms with Crippen LogP contribution in [0.2, 0.25) is 10.0 Å². The Morgan fingerprint density at radius 1 is 1.10 bits per heavy atom. The van der Waals surface area contributed by atoms with Crippen LogP contribution >= 0.6 is 23.2 Å². The third kappa shape index (κ3) is 5.03. The number of halogens is 5. The van der Waals surface area contributed by atoms with E-state index in [1.54, 1.807) is 13.8 Å². The van der Waals surface area contributed by atoms with Gasteiger partial charge in [-0.3, -0.25) is 4.79 Å². The van der Waals surface area contributed by atoms with Gasteiger partial charge in [0.15, 0.2) is 5.69 Å². The monoisotopic (exact) mass is 459 g/mol. The lowest BCUT2D eigenvalue weighted by atomic mass is 10.2. The van der Waals surface area contributed by atoms with E-state index in [0.29, 0.717) is 0 Å². The zero-order valence-electron chi connectivity index (χ0n) is 15.6. The van der Waals surface area contributed by atoms with Crippen molar-refractivity contribution in [2.24, 2.45) is 0 Å². The first-order valence-electron chi connectivity index (χ1n) is 8.52. The first-order chi connectivity index (χ1) is 14.0. The minimum absolute atomic E-state index is 0.0542. The molecule has 0 unspecified atom stereocenters. The molecule has 0 fully saturated rings. The highest BCUT2D eigenvalue weighted by Gasteiger charge is 2.39. The Labute approximate surface area is 178 Å². The summed E-state index contributed by atoms with van der Waals surface area (Å²) < 4.78 is 51.3. The number of alkyl halides is 3. The van der Waals surface area contributed by atoms with Crippen molar-refractivity contribution < 1.29 is 22.6 Å². The van der Waals surface area contributed by atoms with E-state index in [9.17, 15) is 18.0 Å². The van der Waals surface area contributed by atoms with Gasteiger partial charge >= 0.3 is 6.18 Å². The number of benzene rings is 1. The maximum Gasteiger partial charge on any atom is 0.437 e. The number of hydrogen-bond acceptors (Lipinski definition) is 5. The summed E-state index contributed by atoms with van der Waals surface area (Å²) in [5, 5.41) is 0.235. The van der Waals surface area contributed by atoms with Gasteiger partial charge < -0.3 is 14.5 Å². The summed E-state index contributed by atoms with van der Waals surface area (Å²) in [6.45, 7) is 3.60. The lowest BCUT2D eigenvalue weighted by Crippen LogP contribution is -2.20. The van der Waals surface area contributed by atoms with Crippen LogP contribution in [-0.4, -0.2) is 21.1 Å². The maximum atomic E-state index is 13.6. The van der Waals surface area contributed by atoms with Gasteiger partial charge in [0.05, 0.1) is 16.1 Å². The molecule has 1 N–H and O–H groups in total. The van der Waals surface area contributed by atoms with Gasteiger partial charge in [-0.05, 0) is 32.0 Å². The molecule has 1 aromatic carbocycles. The highest BCUT2D eigenvalue weighted by molar-refractivity contribution is 6.42. The standard InChI is InChI=1S/C19H14Cl2F3N3O3/c1-9(2)29-14-6-3-10(8-25-14)17-26-16(19(22,23)24)15(18(28)27-17)30-11-4-5-12(20)13(21)7-11/h3-9H,1-2H3,(H,26,27,28). The summed E-state index contributed by atoms with van der Waals surface area (Å²) in [5.41, 5.74) is -2.45. The zero-order chi connectivity index (χ0) is 22.1. The maximum absolute atomic E-state index is 13.6. The number of H-pyrrole nitrogens is 1. The molecule has 0 saturated carbocycles. The molecule has 30 heavy (non-hydrogen) atoms. The number of pyridine rings is 1. The smallest absolute Gasteiger partial charge is 0.437 e. The Balaban J connectivity index is 2.03. The molecule has 0 amide bonds. The van der Waals surface area contributed by atoms with Crippen LogP contribution in [0.5, 0.6) is 17.4 Å². The summed E-state index contributed by atoms with van der Waals surface area (Å²) in [4.78, 5) is 22.3. The van der Waals surface area contributed by atoms with Crippen molar-refractivity contribution in [2.45, 2.75) is 26.1 Å². The van der Waals surface area contributed by atoms with Crippen molar-refractivity contribution in [2.75, 3.05) is 0 Å². The predicted octanol–water partition coefficient (Wildman–Crippen LogP) is 5.74. The molecule has 0 aliphatic heterocycles. The number of aromatic nitrogens is 3. The number of rotatable bonds is 5. The lowest BCUT2D eigenvalue weighted by molar-refractivity contribution is -0.142. The minimum Gasteiger partial charge on any atom is -0.475 e. The van der Waals surface area contributed by atoms with E-state index in [2.05, 4.69) is 15.0 Å². The van der Waals surface area contributed by atoms with Gasteiger partial charge in [0.1, 0.15) is 11.6 Å². The number of nitrogens with zero attached hydrogens (tertiary/aromatic N) is 2. The number of aromatic amines is 1. The lowest BCUT2D eigenvalue weighted by Gasteiger charge is -2.14. The fourth-order valence-corrected chi connectivity index (χ4v) is 2.66. The largest absolute Gasteiger partial charge is 0.475 e. The molecule has 3 aromatic rings. The molecule has 3 rings (SSSR count). The van der Waals surface area contributed by atoms with Crippen molar-refractivity contribution in [3.8, 4) is 28.8 Å². The normalized spacial score (nSPS) is 11.6. The molecular formula is C19H14Cl2F3N3O3. The molecule has 0 atom stereocenters. The molecule has 0 spiro atoms. The third-order valence-electron chi connectivity index (χ3n) is 3.62. The summed E-state index contributed by atoms with van der Waals surface area (Å²) in [6, 6.07) is 6.69. The molecule has 2 heterocycles. The van der Waals surface area contributed by atoms with Crippen LogP contribution in [0.1, 0.15) is 19.5 Å². The van der Waals surface area contributed by atoms with Crippen LogP contribution < -0.4 is 15.0 Å². The summed E-state index contributed by atoms with van der Waals surface area (Å²) in [6.07, 6.45) is -3.84. The molecule has 158 valence electrons. The zero-order valence-corrected chi connectivity index (χ0v) is 17.1. The summed E-state index contributed by atoms with van der Waals surface area (Å²) >= 11 is 11.6. The fraction of sp³-hybridized carbons (Fsp3) is 0.211. The molecule has 0 saturated heterocycles. The van der Waals surface area contributed by atoms with E-state index in [4.69, 9.17) is 32.7 Å². The molecule has 0 radical (unpaired) electrons. The van der Waals surface area contributed by atoms with Gasteiger partial charge in [-0.2, -0.15) is 13.2 Å². The Hall–Kier alpha value is -2.78. The number of hydrogen-bond donors (Lipinski definition) is 1. The van der Waals surface area contributed by atoms with Crippen molar-refractivity contribution >= 4 is 23.2 Å². The van der Waals surface area contributed by atoms with Crippen LogP contribution in [0.3, 0.4) is 0 Å². The van der Waals surface area contributed by atoms with E-state index < -0.39 is 23.2 Å². The second-order valence-electron chi connectivity index (χ2n) is 6.32. The molecule has 11 heteroatoms. The van der Waals surface area contributed by atoms with Gasteiger partial charge in [0, 0.05) is 23.9 Å². The first kappa shape index (κ1) is 21.9. The van der Waals surface area contributed by atoms with Crippen molar-refractivity contribution in [3.63, 3.8) is 0 Å². The predicted molar refractivity (Wildman–Crippen MR) is 105 cm³/mol. The quantitative estimate of drug-likeness (QED) is 0.526. The second kappa shape index (κ2) is 8.53. The number of nitrogens with one attached hydrogen (secondary N) is 1. The SMILES string of the molecule is CC(C)Oc1ccc(-c2nc(C(F)(F)F)c(Oc3ccc(Cl)c(Cl)c3)c(=O)[nH]2)cn1. The molecule has 2 aromatic heterocycles. The minimum atomic E-state index is -4.96. The Morgan fingerprint density at radius 3 is 2.40 bits per heavy atom. The molecule has 6 nitrogen and oxygen atoms in total. The van der Waals surface area contributed by atoms with Crippen molar-refractivity contribution in [3.05, 3.63) is 62.6 Å². The average molecular weight is 460 g/mol. The van der Waals surface area contributed by atoms with E-state index in [-0.39, 0.29) is 39.2 Å². The molecular weight excluding hydrogens is 446 g/mol. The van der Waals surface area contributed by atoms with E-state index in [0.717, 1.165) is 0 Å². The Morgan fingerprint density at radius 2 is 1.83 bits per heavy atom. The van der Waals surface area contributed by atoms with Gasteiger partial charge in [-0.25, -0.2) is 9.97 Å². The molecule has 0 aliphatic rings. The second-order valence-corrected chi connectivity index (χ2v) is 7.13. The van der Waals surface area contributed by atoms with E-state index >= 15 is 0 Å². The van der Waals surface area contributed by atoms with Crippen LogP contribution in [-0.2, 0) is 6.18 Å².